The van der Waals surface area contributed by atoms with Gasteiger partial charge >= 0.3 is 5.97 Å². The molecule has 0 fully saturated rings. The standard InChI is InChI=1S/C16H26N2O3/c1-7-18(11(2)10-21-6)14-9-12(15(19)20)8-13(17-14)16(3,4)5/h8-9,11H,7,10H2,1-6H3,(H,19,20). The van der Waals surface area contributed by atoms with Crippen LogP contribution in [0.4, 0.5) is 5.82 Å². The van der Waals surface area contributed by atoms with Gasteiger partial charge in [-0.15, -0.1) is 0 Å². The van der Waals surface area contributed by atoms with Crippen LogP contribution in [0.3, 0.4) is 0 Å². The summed E-state index contributed by atoms with van der Waals surface area (Å²) in [5, 5.41) is 9.32. The minimum absolute atomic E-state index is 0.129. The van der Waals surface area contributed by atoms with Crippen LogP contribution in [0.2, 0.25) is 0 Å². The first kappa shape index (κ1) is 17.4. The number of pyridine rings is 1. The molecule has 21 heavy (non-hydrogen) atoms. The maximum atomic E-state index is 11.4. The van der Waals surface area contributed by atoms with E-state index in [0.717, 1.165) is 12.2 Å². The Morgan fingerprint density at radius 2 is 2.05 bits per heavy atom. The van der Waals surface area contributed by atoms with Crippen molar-refractivity contribution in [1.82, 2.24) is 4.98 Å². The highest BCUT2D eigenvalue weighted by Crippen LogP contribution is 2.25. The smallest absolute Gasteiger partial charge is 0.335 e. The molecule has 1 aromatic rings. The Morgan fingerprint density at radius 1 is 1.43 bits per heavy atom. The molecule has 5 heteroatoms. The van der Waals surface area contributed by atoms with Crippen molar-refractivity contribution in [2.45, 2.75) is 46.1 Å². The lowest BCUT2D eigenvalue weighted by atomic mass is 9.90. The summed E-state index contributed by atoms with van der Waals surface area (Å²) >= 11 is 0. The summed E-state index contributed by atoms with van der Waals surface area (Å²) in [5.41, 5.74) is 0.845. The summed E-state index contributed by atoms with van der Waals surface area (Å²) in [5.74, 6) is -0.244. The van der Waals surface area contributed by atoms with Gasteiger partial charge in [-0.3, -0.25) is 0 Å². The highest BCUT2D eigenvalue weighted by atomic mass is 16.5. The van der Waals surface area contributed by atoms with E-state index in [9.17, 15) is 9.90 Å². The fourth-order valence-corrected chi connectivity index (χ4v) is 2.20. The second-order valence-electron chi connectivity index (χ2n) is 6.24. The van der Waals surface area contributed by atoms with Crippen LogP contribution in [0, 0.1) is 0 Å². The Balaban J connectivity index is 3.33. The zero-order valence-corrected chi connectivity index (χ0v) is 13.8. The number of likely N-dealkylation sites (N-methyl/N-ethyl adjacent to an activating group) is 1. The summed E-state index contributed by atoms with van der Waals surface area (Å²) in [6, 6.07) is 3.41. The van der Waals surface area contributed by atoms with Gasteiger partial charge in [-0.2, -0.15) is 0 Å². The van der Waals surface area contributed by atoms with Gasteiger partial charge in [0.05, 0.1) is 18.2 Å². The number of methoxy groups -OCH3 is 1. The summed E-state index contributed by atoms with van der Waals surface area (Å²) in [6.45, 7) is 11.5. The summed E-state index contributed by atoms with van der Waals surface area (Å²) in [7, 11) is 1.66. The average molecular weight is 294 g/mol. The third kappa shape index (κ3) is 4.43. The third-order valence-electron chi connectivity index (χ3n) is 3.40. The second-order valence-corrected chi connectivity index (χ2v) is 6.24. The number of carboxylic acid groups (broad SMARTS) is 1. The number of ether oxygens (including phenoxy) is 1. The molecule has 0 amide bonds. The Labute approximate surface area is 126 Å². The van der Waals surface area contributed by atoms with E-state index in [1.165, 1.54) is 0 Å². The van der Waals surface area contributed by atoms with Gasteiger partial charge in [0.1, 0.15) is 5.82 Å². The minimum Gasteiger partial charge on any atom is -0.478 e. The molecule has 0 bridgehead atoms. The lowest BCUT2D eigenvalue weighted by Crippen LogP contribution is -2.37. The molecule has 5 nitrogen and oxygen atoms in total. The number of anilines is 1. The van der Waals surface area contributed by atoms with Crippen LogP contribution in [0.5, 0.6) is 0 Å². The summed E-state index contributed by atoms with van der Waals surface area (Å²) in [6.07, 6.45) is 0. The number of hydrogen-bond donors (Lipinski definition) is 1. The van der Waals surface area contributed by atoms with E-state index in [2.05, 4.69) is 9.88 Å². The first-order valence-corrected chi connectivity index (χ1v) is 7.22. The van der Waals surface area contributed by atoms with Crippen molar-refractivity contribution in [2.75, 3.05) is 25.2 Å². The van der Waals surface area contributed by atoms with Crippen molar-refractivity contribution in [1.29, 1.82) is 0 Å². The second kappa shape index (κ2) is 6.89. The first-order valence-electron chi connectivity index (χ1n) is 7.22. The van der Waals surface area contributed by atoms with E-state index in [4.69, 9.17) is 4.74 Å². The van der Waals surface area contributed by atoms with Gasteiger partial charge in [-0.25, -0.2) is 9.78 Å². The Hall–Kier alpha value is -1.62. The van der Waals surface area contributed by atoms with Gasteiger partial charge in [-0.05, 0) is 26.0 Å². The van der Waals surface area contributed by atoms with Crippen molar-refractivity contribution < 1.29 is 14.6 Å². The fraction of sp³-hybridized carbons (Fsp3) is 0.625. The first-order chi connectivity index (χ1) is 9.70. The lowest BCUT2D eigenvalue weighted by molar-refractivity contribution is 0.0696. The normalized spacial score (nSPS) is 13.0. The average Bonchev–Trinajstić information content (AvgIpc) is 2.38. The van der Waals surface area contributed by atoms with E-state index >= 15 is 0 Å². The SMILES string of the molecule is CCN(c1cc(C(=O)O)cc(C(C)(C)C)n1)C(C)COC. The summed E-state index contributed by atoms with van der Waals surface area (Å²) < 4.78 is 5.20. The largest absolute Gasteiger partial charge is 0.478 e. The number of rotatable bonds is 6. The molecule has 0 aliphatic carbocycles. The third-order valence-corrected chi connectivity index (χ3v) is 3.40. The van der Waals surface area contributed by atoms with Gasteiger partial charge < -0.3 is 14.7 Å². The van der Waals surface area contributed by atoms with Crippen LogP contribution in [0.25, 0.3) is 0 Å². The van der Waals surface area contributed by atoms with Gasteiger partial charge in [0.2, 0.25) is 0 Å². The number of carboxylic acids is 1. The maximum Gasteiger partial charge on any atom is 0.335 e. The molecule has 1 N–H and O–H groups in total. The van der Waals surface area contributed by atoms with Gasteiger partial charge in [0.25, 0.3) is 0 Å². The predicted molar refractivity (Wildman–Crippen MR) is 84.3 cm³/mol. The quantitative estimate of drug-likeness (QED) is 0.874. The van der Waals surface area contributed by atoms with Crippen molar-refractivity contribution in [3.63, 3.8) is 0 Å². The van der Waals surface area contributed by atoms with Crippen molar-refractivity contribution in [3.05, 3.63) is 23.4 Å². The fourth-order valence-electron chi connectivity index (χ4n) is 2.20. The molecule has 0 aliphatic heterocycles. The molecule has 1 unspecified atom stereocenters. The number of carbonyl (C=O) groups is 1. The molecular weight excluding hydrogens is 268 g/mol. The Morgan fingerprint density at radius 3 is 2.48 bits per heavy atom. The maximum absolute atomic E-state index is 11.4. The number of aromatic nitrogens is 1. The molecule has 118 valence electrons. The van der Waals surface area contributed by atoms with E-state index in [-0.39, 0.29) is 17.0 Å². The zero-order valence-electron chi connectivity index (χ0n) is 13.8. The number of hydrogen-bond acceptors (Lipinski definition) is 4. The lowest BCUT2D eigenvalue weighted by Gasteiger charge is -2.30. The minimum atomic E-state index is -0.931. The zero-order chi connectivity index (χ0) is 16.2. The molecule has 0 saturated heterocycles. The number of nitrogens with zero attached hydrogens (tertiary/aromatic N) is 2. The number of aromatic carboxylic acids is 1. The molecule has 0 aromatic carbocycles. The molecule has 0 saturated carbocycles. The van der Waals surface area contributed by atoms with E-state index in [1.54, 1.807) is 19.2 Å². The molecule has 0 radical (unpaired) electrons. The van der Waals surface area contributed by atoms with Crippen LogP contribution in [-0.2, 0) is 10.2 Å². The molecule has 1 atom stereocenters. The van der Waals surface area contributed by atoms with Crippen LogP contribution in [0.1, 0.15) is 50.7 Å². The van der Waals surface area contributed by atoms with Crippen molar-refractivity contribution >= 4 is 11.8 Å². The van der Waals surface area contributed by atoms with Gasteiger partial charge in [0, 0.05) is 24.8 Å². The Bertz CT molecular complexity index is 495. The van der Waals surface area contributed by atoms with E-state index in [1.807, 2.05) is 34.6 Å². The molecule has 1 heterocycles. The molecular formula is C16H26N2O3. The van der Waals surface area contributed by atoms with Crippen LogP contribution < -0.4 is 4.90 Å². The summed E-state index contributed by atoms with van der Waals surface area (Å²) in [4.78, 5) is 18.1. The van der Waals surface area contributed by atoms with E-state index in [0.29, 0.717) is 12.4 Å². The highest BCUT2D eigenvalue weighted by molar-refractivity contribution is 5.88. The predicted octanol–water partition coefficient (Wildman–Crippen LogP) is 2.94. The van der Waals surface area contributed by atoms with Gasteiger partial charge in [0.15, 0.2) is 0 Å². The van der Waals surface area contributed by atoms with Crippen LogP contribution in [0.15, 0.2) is 12.1 Å². The van der Waals surface area contributed by atoms with Crippen LogP contribution >= 0.6 is 0 Å². The highest BCUT2D eigenvalue weighted by Gasteiger charge is 2.22. The van der Waals surface area contributed by atoms with Crippen LogP contribution in [-0.4, -0.2) is 42.4 Å². The molecule has 1 aromatic heterocycles. The van der Waals surface area contributed by atoms with Crippen molar-refractivity contribution in [2.24, 2.45) is 0 Å². The monoisotopic (exact) mass is 294 g/mol. The Kier molecular flexibility index (Phi) is 5.72. The topological polar surface area (TPSA) is 62.7 Å². The van der Waals surface area contributed by atoms with E-state index < -0.39 is 5.97 Å². The van der Waals surface area contributed by atoms with Gasteiger partial charge in [-0.1, -0.05) is 20.8 Å². The molecule has 0 spiro atoms. The molecule has 1 rings (SSSR count). The molecule has 0 aliphatic rings. The van der Waals surface area contributed by atoms with Crippen molar-refractivity contribution in [3.8, 4) is 0 Å².